The first-order valence-corrected chi connectivity index (χ1v) is 7.50. The van der Waals surface area contributed by atoms with E-state index in [4.69, 9.17) is 4.74 Å². The lowest BCUT2D eigenvalue weighted by Gasteiger charge is -2.52. The highest BCUT2D eigenvalue weighted by Gasteiger charge is 2.66. The summed E-state index contributed by atoms with van der Waals surface area (Å²) < 4.78 is 5.32. The molecule has 2 fully saturated rings. The lowest BCUT2D eigenvalue weighted by atomic mass is 9.75. The number of hydrogen-bond acceptors (Lipinski definition) is 5. The number of carbonyl (C=O) groups is 2. The average molecular weight is 299 g/mol. The Morgan fingerprint density at radius 2 is 2.30 bits per heavy atom. The maximum Gasteiger partial charge on any atom is 0.353 e. The predicted molar refractivity (Wildman–Crippen MR) is 71.6 cm³/mol. The molecule has 3 heterocycles. The number of carboxylic acids is 1. The van der Waals surface area contributed by atoms with E-state index in [1.54, 1.807) is 13.8 Å². The molecule has 110 valence electrons. The minimum atomic E-state index is -1.08. The molecule has 4 atom stereocenters. The first-order chi connectivity index (χ1) is 9.39. The monoisotopic (exact) mass is 299 g/mol. The Kier molecular flexibility index (Phi) is 3.11. The molecule has 0 spiro atoms. The minimum absolute atomic E-state index is 0.0442. The molecule has 0 bridgehead atoms. The second-order valence-electron chi connectivity index (χ2n) is 5.68. The summed E-state index contributed by atoms with van der Waals surface area (Å²) >= 11 is 1.40. The average Bonchev–Trinajstić information content (AvgIpc) is 3.02. The zero-order valence-corrected chi connectivity index (χ0v) is 12.1. The van der Waals surface area contributed by atoms with Gasteiger partial charge in [0.15, 0.2) is 0 Å². The Balaban J connectivity index is 1.96. The standard InChI is InChI=1S/C13H17NO5S/c1-6(15)13(2)11(18)14-8(10(16)17)9(20-12(13)14)7-3-4-19-5-7/h6-7,12,15H,3-5H2,1-2H3,(H,16,17)/t6?,7?,12-,13+/m1/s1. The van der Waals surface area contributed by atoms with Crippen molar-refractivity contribution >= 4 is 23.6 Å². The number of carboxylic acid groups (broad SMARTS) is 1. The quantitative estimate of drug-likeness (QED) is 0.743. The Bertz CT molecular complexity index is 511. The number of hydrogen-bond donors (Lipinski definition) is 2. The molecule has 0 saturated carbocycles. The molecule has 3 rings (SSSR count). The van der Waals surface area contributed by atoms with Crippen LogP contribution >= 0.6 is 11.8 Å². The van der Waals surface area contributed by atoms with Crippen molar-refractivity contribution in [3.8, 4) is 0 Å². The normalized spacial score (nSPS) is 38.0. The summed E-state index contributed by atoms with van der Waals surface area (Å²) in [5, 5.41) is 19.0. The van der Waals surface area contributed by atoms with Crippen molar-refractivity contribution < 1.29 is 24.5 Å². The Morgan fingerprint density at radius 1 is 1.60 bits per heavy atom. The van der Waals surface area contributed by atoms with Crippen molar-refractivity contribution in [2.45, 2.75) is 31.7 Å². The van der Waals surface area contributed by atoms with Gasteiger partial charge in [0.1, 0.15) is 16.5 Å². The molecule has 3 aliphatic rings. The van der Waals surface area contributed by atoms with E-state index >= 15 is 0 Å². The highest BCUT2D eigenvalue weighted by atomic mass is 32.2. The molecule has 0 radical (unpaired) electrons. The second-order valence-corrected chi connectivity index (χ2v) is 6.80. The summed E-state index contributed by atoms with van der Waals surface area (Å²) in [5.74, 6) is -1.35. The maximum absolute atomic E-state index is 12.3. The largest absolute Gasteiger partial charge is 0.477 e. The van der Waals surface area contributed by atoms with Crippen LogP contribution in [-0.4, -0.2) is 51.7 Å². The number of thioether (sulfide) groups is 1. The predicted octanol–water partition coefficient (Wildman–Crippen LogP) is 0.621. The molecule has 7 heteroatoms. The number of β-lactam (4-membered cyclic amide) rings is 1. The summed E-state index contributed by atoms with van der Waals surface area (Å²) in [6, 6.07) is 0. The number of ether oxygens (including phenoxy) is 1. The van der Waals surface area contributed by atoms with Gasteiger partial charge in [-0.1, -0.05) is 0 Å². The van der Waals surface area contributed by atoms with Gasteiger partial charge in [-0.05, 0) is 20.3 Å². The van der Waals surface area contributed by atoms with Gasteiger partial charge in [0, 0.05) is 17.4 Å². The molecule has 2 N–H and O–H groups in total. The van der Waals surface area contributed by atoms with Crippen molar-refractivity contribution in [1.82, 2.24) is 4.90 Å². The van der Waals surface area contributed by atoms with E-state index in [1.807, 2.05) is 0 Å². The maximum atomic E-state index is 12.3. The number of fused-ring (bicyclic) bond motifs is 1. The van der Waals surface area contributed by atoms with Crippen LogP contribution in [0.3, 0.4) is 0 Å². The topological polar surface area (TPSA) is 87.1 Å². The Hall–Kier alpha value is -1.05. The van der Waals surface area contributed by atoms with Gasteiger partial charge in [-0.2, -0.15) is 0 Å². The lowest BCUT2D eigenvalue weighted by molar-refractivity contribution is -0.170. The molecule has 0 aromatic rings. The number of carbonyl (C=O) groups excluding carboxylic acids is 1. The molecular formula is C13H17NO5S. The molecule has 0 aromatic carbocycles. The van der Waals surface area contributed by atoms with Crippen LogP contribution in [0.25, 0.3) is 0 Å². The summed E-state index contributed by atoms with van der Waals surface area (Å²) in [7, 11) is 0. The van der Waals surface area contributed by atoms with Gasteiger partial charge in [0.2, 0.25) is 5.91 Å². The first-order valence-electron chi connectivity index (χ1n) is 6.62. The van der Waals surface area contributed by atoms with E-state index in [9.17, 15) is 19.8 Å². The van der Waals surface area contributed by atoms with Crippen LogP contribution in [0.1, 0.15) is 20.3 Å². The van der Waals surface area contributed by atoms with Gasteiger partial charge in [-0.15, -0.1) is 11.8 Å². The number of nitrogens with zero attached hydrogens (tertiary/aromatic N) is 1. The van der Waals surface area contributed by atoms with Crippen molar-refractivity contribution in [3.05, 3.63) is 10.6 Å². The molecule has 2 saturated heterocycles. The summed E-state index contributed by atoms with van der Waals surface area (Å²) in [5.41, 5.74) is -0.828. The van der Waals surface area contributed by atoms with Crippen LogP contribution in [0, 0.1) is 11.3 Å². The van der Waals surface area contributed by atoms with E-state index in [0.717, 1.165) is 11.3 Å². The van der Waals surface area contributed by atoms with Gasteiger partial charge in [0.25, 0.3) is 0 Å². The van der Waals surface area contributed by atoms with Crippen LogP contribution < -0.4 is 0 Å². The molecule has 20 heavy (non-hydrogen) atoms. The third-order valence-electron chi connectivity index (χ3n) is 4.51. The lowest BCUT2D eigenvalue weighted by Crippen LogP contribution is -2.68. The minimum Gasteiger partial charge on any atom is -0.477 e. The highest BCUT2D eigenvalue weighted by molar-refractivity contribution is 8.04. The third-order valence-corrected chi connectivity index (χ3v) is 6.22. The van der Waals surface area contributed by atoms with Crippen LogP contribution in [-0.2, 0) is 14.3 Å². The fraction of sp³-hybridized carbons (Fsp3) is 0.692. The van der Waals surface area contributed by atoms with Crippen LogP contribution in [0.5, 0.6) is 0 Å². The number of rotatable bonds is 3. The van der Waals surface area contributed by atoms with E-state index in [0.29, 0.717) is 13.2 Å². The van der Waals surface area contributed by atoms with Crippen LogP contribution in [0.4, 0.5) is 0 Å². The van der Waals surface area contributed by atoms with Gasteiger partial charge in [0.05, 0.1) is 12.7 Å². The molecule has 6 nitrogen and oxygen atoms in total. The molecule has 3 aliphatic heterocycles. The zero-order chi connectivity index (χ0) is 14.7. The van der Waals surface area contributed by atoms with Crippen molar-refractivity contribution in [3.63, 3.8) is 0 Å². The van der Waals surface area contributed by atoms with E-state index < -0.39 is 17.5 Å². The summed E-state index contributed by atoms with van der Waals surface area (Å²) in [4.78, 5) is 25.9. The SMILES string of the molecule is CC(O)[C@@]1(C)C(=O)N2C(C(=O)O)=C(C3CCOC3)S[C@@H]21. The summed E-state index contributed by atoms with van der Waals surface area (Å²) in [6.45, 7) is 4.39. The first kappa shape index (κ1) is 13.9. The van der Waals surface area contributed by atoms with Crippen LogP contribution in [0.15, 0.2) is 10.6 Å². The number of amides is 1. The van der Waals surface area contributed by atoms with Gasteiger partial charge in [-0.3, -0.25) is 9.69 Å². The van der Waals surface area contributed by atoms with Crippen molar-refractivity contribution in [1.29, 1.82) is 0 Å². The number of aliphatic carboxylic acids is 1. The fourth-order valence-electron chi connectivity index (χ4n) is 2.99. The molecular weight excluding hydrogens is 282 g/mol. The van der Waals surface area contributed by atoms with Gasteiger partial charge in [-0.25, -0.2) is 4.79 Å². The Labute approximate surface area is 120 Å². The molecule has 0 aliphatic carbocycles. The van der Waals surface area contributed by atoms with Crippen molar-refractivity contribution in [2.24, 2.45) is 11.3 Å². The molecule has 0 aromatic heterocycles. The molecule has 1 amide bonds. The number of aliphatic hydroxyl groups excluding tert-OH is 1. The summed E-state index contributed by atoms with van der Waals surface area (Å²) in [6.07, 6.45) is -0.0304. The van der Waals surface area contributed by atoms with E-state index in [2.05, 4.69) is 0 Å². The second kappa shape index (κ2) is 4.47. The van der Waals surface area contributed by atoms with Gasteiger partial charge < -0.3 is 14.9 Å². The molecule has 2 unspecified atom stereocenters. The van der Waals surface area contributed by atoms with Gasteiger partial charge >= 0.3 is 5.97 Å². The van der Waals surface area contributed by atoms with E-state index in [-0.39, 0.29) is 22.9 Å². The van der Waals surface area contributed by atoms with Crippen LogP contribution in [0.2, 0.25) is 0 Å². The fourth-order valence-corrected chi connectivity index (χ4v) is 4.75. The zero-order valence-electron chi connectivity index (χ0n) is 11.3. The smallest absolute Gasteiger partial charge is 0.353 e. The van der Waals surface area contributed by atoms with E-state index in [1.165, 1.54) is 16.7 Å². The highest BCUT2D eigenvalue weighted by Crippen LogP contribution is 2.58. The van der Waals surface area contributed by atoms with Crippen molar-refractivity contribution in [2.75, 3.05) is 13.2 Å². The third kappa shape index (κ3) is 1.60. The number of aliphatic hydroxyl groups is 1. The Morgan fingerprint density at radius 3 is 2.80 bits per heavy atom.